The Morgan fingerprint density at radius 1 is 1.53 bits per heavy atom. The van der Waals surface area contributed by atoms with Crippen molar-refractivity contribution in [2.45, 2.75) is 6.42 Å². The van der Waals surface area contributed by atoms with E-state index in [-0.39, 0.29) is 16.2 Å². The van der Waals surface area contributed by atoms with Crippen molar-refractivity contribution in [1.82, 2.24) is 9.97 Å². The van der Waals surface area contributed by atoms with Crippen LogP contribution in [0.3, 0.4) is 0 Å². The first-order chi connectivity index (χ1) is 9.01. The number of nitrogens with zero attached hydrogens (tertiary/aromatic N) is 2. The number of nitriles is 1. The molecule has 1 aromatic carbocycles. The summed E-state index contributed by atoms with van der Waals surface area (Å²) in [7, 11) is 0. The van der Waals surface area contributed by atoms with Gasteiger partial charge in [-0.1, -0.05) is 0 Å². The van der Waals surface area contributed by atoms with E-state index in [2.05, 4.69) is 25.9 Å². The van der Waals surface area contributed by atoms with Gasteiger partial charge in [0.15, 0.2) is 0 Å². The van der Waals surface area contributed by atoms with E-state index in [9.17, 15) is 9.18 Å². The Hall–Kier alpha value is -1.71. The Bertz CT molecular complexity index is 739. The first-order valence-electron chi connectivity index (χ1n) is 5.14. The van der Waals surface area contributed by atoms with E-state index in [0.29, 0.717) is 16.8 Å². The molecule has 4 nitrogen and oxygen atoms in total. The van der Waals surface area contributed by atoms with Crippen molar-refractivity contribution in [3.63, 3.8) is 0 Å². The molecule has 2 aromatic rings. The molecule has 1 N–H and O–H groups in total. The van der Waals surface area contributed by atoms with E-state index in [4.69, 9.17) is 16.9 Å². The molecule has 1 aromatic heterocycles. The quantitative estimate of drug-likeness (QED) is 0.853. The van der Waals surface area contributed by atoms with Gasteiger partial charge < -0.3 is 0 Å². The molecule has 0 amide bonds. The van der Waals surface area contributed by atoms with Crippen LogP contribution < -0.4 is 5.56 Å². The van der Waals surface area contributed by atoms with Gasteiger partial charge in [0, 0.05) is 6.42 Å². The first-order valence-corrected chi connectivity index (χ1v) is 6.31. The van der Waals surface area contributed by atoms with Crippen LogP contribution in [-0.4, -0.2) is 9.97 Å². The van der Waals surface area contributed by atoms with Crippen LogP contribution in [0.1, 0.15) is 16.8 Å². The maximum absolute atomic E-state index is 13.2. The minimum atomic E-state index is -0.457. The molecule has 2 rings (SSSR count). The first kappa shape index (κ1) is 13.7. The number of hydrogen-bond acceptors (Lipinski definition) is 3. The van der Waals surface area contributed by atoms with Gasteiger partial charge in [0.2, 0.25) is 5.28 Å². The molecule has 0 fully saturated rings. The van der Waals surface area contributed by atoms with Crippen molar-refractivity contribution in [2.24, 2.45) is 0 Å². The molecule has 0 aliphatic rings. The van der Waals surface area contributed by atoms with E-state index in [1.165, 1.54) is 18.2 Å². The van der Waals surface area contributed by atoms with Crippen LogP contribution >= 0.6 is 27.5 Å². The molecular formula is C12H6BrClFN3O. The lowest BCUT2D eigenvalue weighted by Gasteiger charge is -2.06. The largest absolute Gasteiger partial charge is 0.296 e. The summed E-state index contributed by atoms with van der Waals surface area (Å²) in [5, 5.41) is 8.91. The van der Waals surface area contributed by atoms with Crippen molar-refractivity contribution in [2.75, 3.05) is 0 Å². The molecule has 0 aliphatic carbocycles. The summed E-state index contributed by atoms with van der Waals surface area (Å²) >= 11 is 8.76. The highest BCUT2D eigenvalue weighted by Crippen LogP contribution is 2.19. The second kappa shape index (κ2) is 5.51. The summed E-state index contributed by atoms with van der Waals surface area (Å²) in [6, 6.07) is 5.79. The molecule has 0 spiro atoms. The highest BCUT2D eigenvalue weighted by molar-refractivity contribution is 9.10. The number of rotatable bonds is 2. The molecular weight excluding hydrogens is 337 g/mol. The molecule has 19 heavy (non-hydrogen) atoms. The summed E-state index contributed by atoms with van der Waals surface area (Å²) in [6.45, 7) is 0. The number of H-pyrrole nitrogens is 1. The predicted octanol–water partition coefficient (Wildman–Crippen LogP) is 2.79. The average molecular weight is 343 g/mol. The predicted molar refractivity (Wildman–Crippen MR) is 71.5 cm³/mol. The molecule has 0 atom stereocenters. The normalized spacial score (nSPS) is 10.2. The molecule has 0 saturated heterocycles. The third-order valence-corrected chi connectivity index (χ3v) is 3.44. The molecule has 0 aliphatic heterocycles. The summed E-state index contributed by atoms with van der Waals surface area (Å²) < 4.78 is 13.4. The Balaban J connectivity index is 2.51. The Morgan fingerprint density at radius 3 is 2.95 bits per heavy atom. The van der Waals surface area contributed by atoms with E-state index < -0.39 is 11.4 Å². The van der Waals surface area contributed by atoms with Crippen molar-refractivity contribution < 1.29 is 4.39 Å². The van der Waals surface area contributed by atoms with Crippen LogP contribution in [0.15, 0.2) is 27.5 Å². The highest BCUT2D eigenvalue weighted by atomic mass is 79.9. The van der Waals surface area contributed by atoms with Crippen molar-refractivity contribution >= 4 is 27.5 Å². The van der Waals surface area contributed by atoms with Gasteiger partial charge in [0.25, 0.3) is 5.56 Å². The van der Waals surface area contributed by atoms with Gasteiger partial charge in [-0.25, -0.2) is 9.37 Å². The van der Waals surface area contributed by atoms with Gasteiger partial charge >= 0.3 is 0 Å². The molecule has 0 radical (unpaired) electrons. The maximum atomic E-state index is 13.2. The summed E-state index contributed by atoms with van der Waals surface area (Å²) in [5.41, 5.74) is 0.685. The maximum Gasteiger partial charge on any atom is 0.266 e. The van der Waals surface area contributed by atoms with Gasteiger partial charge in [-0.15, -0.1) is 0 Å². The smallest absolute Gasteiger partial charge is 0.266 e. The molecule has 0 bridgehead atoms. The number of nitrogens with one attached hydrogen (secondary N) is 1. The Kier molecular flexibility index (Phi) is 3.98. The van der Waals surface area contributed by atoms with E-state index in [0.717, 1.165) is 0 Å². The second-order valence-electron chi connectivity index (χ2n) is 3.71. The third kappa shape index (κ3) is 3.00. The molecule has 7 heteroatoms. The van der Waals surface area contributed by atoms with E-state index in [1.807, 2.05) is 6.07 Å². The molecule has 96 valence electrons. The van der Waals surface area contributed by atoms with Crippen LogP contribution in [0, 0.1) is 17.1 Å². The minimum absolute atomic E-state index is 0.0573. The lowest BCUT2D eigenvalue weighted by molar-refractivity contribution is 0.625. The third-order valence-electron chi connectivity index (χ3n) is 2.45. The number of hydrogen-bond donors (Lipinski definition) is 1. The summed E-state index contributed by atoms with van der Waals surface area (Å²) in [4.78, 5) is 17.8. The van der Waals surface area contributed by atoms with Gasteiger partial charge in [-0.2, -0.15) is 5.26 Å². The number of halogens is 3. The highest BCUT2D eigenvalue weighted by Gasteiger charge is 2.12. The van der Waals surface area contributed by atoms with Crippen LogP contribution in [-0.2, 0) is 6.42 Å². The number of aromatic nitrogens is 2. The van der Waals surface area contributed by atoms with Gasteiger partial charge in [0.05, 0.1) is 17.3 Å². The number of aromatic amines is 1. The van der Waals surface area contributed by atoms with Gasteiger partial charge in [-0.3, -0.25) is 9.78 Å². The van der Waals surface area contributed by atoms with Gasteiger partial charge in [-0.05, 0) is 51.3 Å². The summed E-state index contributed by atoms with van der Waals surface area (Å²) in [6.07, 6.45) is 0.130. The lowest BCUT2D eigenvalue weighted by atomic mass is 10.0. The summed E-state index contributed by atoms with van der Waals surface area (Å²) in [5.74, 6) is -0.457. The SMILES string of the molecule is N#Cc1ccc(F)cc1Cc1nc(Cl)[nH]c(=O)c1Br. The average Bonchev–Trinajstić information content (AvgIpc) is 2.35. The number of benzene rings is 1. The topological polar surface area (TPSA) is 69.5 Å². The Labute approximate surface area is 121 Å². The zero-order valence-electron chi connectivity index (χ0n) is 9.38. The van der Waals surface area contributed by atoms with Crippen molar-refractivity contribution in [1.29, 1.82) is 5.26 Å². The van der Waals surface area contributed by atoms with E-state index >= 15 is 0 Å². The minimum Gasteiger partial charge on any atom is -0.296 e. The lowest BCUT2D eigenvalue weighted by Crippen LogP contribution is -2.12. The zero-order chi connectivity index (χ0) is 14.0. The second-order valence-corrected chi connectivity index (χ2v) is 4.86. The van der Waals surface area contributed by atoms with Crippen LogP contribution in [0.5, 0.6) is 0 Å². The molecule has 1 heterocycles. The standard InChI is InChI=1S/C12H6BrClFN3O/c13-10-9(17-12(14)18-11(10)19)4-7-3-8(15)2-1-6(7)5-16/h1-3H,4H2,(H,17,18,19). The fourth-order valence-electron chi connectivity index (χ4n) is 1.59. The van der Waals surface area contributed by atoms with Crippen LogP contribution in [0.4, 0.5) is 4.39 Å². The molecule has 0 saturated carbocycles. The van der Waals surface area contributed by atoms with Crippen molar-refractivity contribution in [3.05, 3.63) is 60.9 Å². The molecule has 0 unspecified atom stereocenters. The monoisotopic (exact) mass is 341 g/mol. The zero-order valence-corrected chi connectivity index (χ0v) is 11.7. The van der Waals surface area contributed by atoms with Crippen molar-refractivity contribution in [3.8, 4) is 6.07 Å². The van der Waals surface area contributed by atoms with Crippen LogP contribution in [0.2, 0.25) is 5.28 Å². The fourth-order valence-corrected chi connectivity index (χ4v) is 2.11. The fraction of sp³-hybridized carbons (Fsp3) is 0.0833. The Morgan fingerprint density at radius 2 is 2.26 bits per heavy atom. The van der Waals surface area contributed by atoms with Crippen LogP contribution in [0.25, 0.3) is 0 Å². The van der Waals surface area contributed by atoms with E-state index in [1.54, 1.807) is 0 Å². The van der Waals surface area contributed by atoms with Gasteiger partial charge in [0.1, 0.15) is 10.3 Å².